The third kappa shape index (κ3) is 2.82. The molecule has 0 saturated carbocycles. The first-order chi connectivity index (χ1) is 9.15. The summed E-state index contributed by atoms with van der Waals surface area (Å²) in [6.07, 6.45) is 0. The highest BCUT2D eigenvalue weighted by atomic mass is 16.5. The fourth-order valence-corrected chi connectivity index (χ4v) is 1.80. The summed E-state index contributed by atoms with van der Waals surface area (Å²) in [6.45, 7) is 0.230. The Morgan fingerprint density at radius 1 is 1.37 bits per heavy atom. The summed E-state index contributed by atoms with van der Waals surface area (Å²) in [5.74, 6) is 0.553. The Labute approximate surface area is 111 Å². The van der Waals surface area contributed by atoms with E-state index in [1.165, 1.54) is 4.90 Å². The van der Waals surface area contributed by atoms with Gasteiger partial charge in [-0.25, -0.2) is 4.98 Å². The van der Waals surface area contributed by atoms with Gasteiger partial charge >= 0.3 is 0 Å². The molecule has 0 bridgehead atoms. The molecule has 19 heavy (non-hydrogen) atoms. The lowest BCUT2D eigenvalue weighted by Crippen LogP contribution is -2.30. The molecule has 0 radical (unpaired) electrons. The molecular weight excluding hydrogens is 244 g/mol. The maximum Gasteiger partial charge on any atom is 0.272 e. The first-order valence-corrected chi connectivity index (χ1v) is 5.97. The van der Waals surface area contributed by atoms with Crippen LogP contribution in [0.4, 0.5) is 0 Å². The normalized spacial score (nSPS) is 10.5. The van der Waals surface area contributed by atoms with Crippen molar-refractivity contribution in [2.24, 2.45) is 0 Å². The third-order valence-corrected chi connectivity index (χ3v) is 2.90. The molecule has 1 aromatic heterocycles. The van der Waals surface area contributed by atoms with Crippen LogP contribution < -0.4 is 4.74 Å². The van der Waals surface area contributed by atoms with Crippen molar-refractivity contribution >= 4 is 16.8 Å². The minimum atomic E-state index is -0.202. The van der Waals surface area contributed by atoms with E-state index in [9.17, 15) is 4.79 Å². The van der Waals surface area contributed by atoms with E-state index in [0.29, 0.717) is 12.2 Å². The molecule has 0 atom stereocenters. The number of rotatable bonds is 4. The molecule has 1 N–H and O–H groups in total. The monoisotopic (exact) mass is 260 g/mol. The van der Waals surface area contributed by atoms with Crippen LogP contribution in [0.25, 0.3) is 10.9 Å². The van der Waals surface area contributed by atoms with Gasteiger partial charge in [-0.05, 0) is 24.3 Å². The van der Waals surface area contributed by atoms with Crippen LogP contribution in [0, 0.1) is 0 Å². The van der Waals surface area contributed by atoms with Gasteiger partial charge in [0.1, 0.15) is 11.4 Å². The van der Waals surface area contributed by atoms with Crippen LogP contribution in [0.2, 0.25) is 0 Å². The lowest BCUT2D eigenvalue weighted by atomic mass is 10.2. The third-order valence-electron chi connectivity index (χ3n) is 2.90. The van der Waals surface area contributed by atoms with Crippen molar-refractivity contribution in [3.63, 3.8) is 0 Å². The molecule has 0 aliphatic carbocycles. The van der Waals surface area contributed by atoms with Crippen LogP contribution >= 0.6 is 0 Å². The van der Waals surface area contributed by atoms with E-state index >= 15 is 0 Å². The molecule has 0 saturated heterocycles. The maximum atomic E-state index is 12.0. The van der Waals surface area contributed by atoms with Gasteiger partial charge in [0.25, 0.3) is 5.91 Å². The first-order valence-electron chi connectivity index (χ1n) is 5.97. The lowest BCUT2D eigenvalue weighted by Gasteiger charge is -2.15. The molecular formula is C14H16N2O3. The molecule has 0 aliphatic heterocycles. The number of pyridine rings is 1. The van der Waals surface area contributed by atoms with Crippen molar-refractivity contribution < 1.29 is 14.6 Å². The first kappa shape index (κ1) is 13.3. The number of methoxy groups -OCH3 is 1. The van der Waals surface area contributed by atoms with Crippen LogP contribution in [0.5, 0.6) is 5.75 Å². The standard InChI is InChI=1S/C14H16N2O3/c1-16(7-8-17)14(18)13-5-3-10-9-11(19-2)4-6-12(10)15-13/h3-6,9,17H,7-8H2,1-2H3. The number of amides is 1. The largest absolute Gasteiger partial charge is 0.497 e. The van der Waals surface area contributed by atoms with E-state index in [4.69, 9.17) is 9.84 Å². The molecule has 0 spiro atoms. The Hall–Kier alpha value is -2.14. The van der Waals surface area contributed by atoms with Gasteiger partial charge in [-0.2, -0.15) is 0 Å². The quantitative estimate of drug-likeness (QED) is 0.900. The SMILES string of the molecule is COc1ccc2nc(C(=O)N(C)CCO)ccc2c1. The summed E-state index contributed by atoms with van der Waals surface area (Å²) >= 11 is 0. The van der Waals surface area contributed by atoms with Crippen LogP contribution in [0.15, 0.2) is 30.3 Å². The number of ether oxygens (including phenoxy) is 1. The van der Waals surface area contributed by atoms with E-state index in [1.54, 1.807) is 26.3 Å². The number of carbonyl (C=O) groups is 1. The molecule has 1 heterocycles. The Balaban J connectivity index is 2.34. The lowest BCUT2D eigenvalue weighted by molar-refractivity contribution is 0.0761. The number of hydrogen-bond acceptors (Lipinski definition) is 4. The molecule has 0 aliphatic rings. The number of fused-ring (bicyclic) bond motifs is 1. The van der Waals surface area contributed by atoms with Crippen molar-refractivity contribution in [2.75, 3.05) is 27.3 Å². The number of benzene rings is 1. The van der Waals surface area contributed by atoms with E-state index in [2.05, 4.69) is 4.98 Å². The summed E-state index contributed by atoms with van der Waals surface area (Å²) in [5.41, 5.74) is 1.11. The summed E-state index contributed by atoms with van der Waals surface area (Å²) in [6, 6.07) is 9.01. The highest BCUT2D eigenvalue weighted by Crippen LogP contribution is 2.19. The summed E-state index contributed by atoms with van der Waals surface area (Å²) in [4.78, 5) is 17.8. The molecule has 0 unspecified atom stereocenters. The predicted molar refractivity (Wildman–Crippen MR) is 72.3 cm³/mol. The number of carbonyl (C=O) groups excluding carboxylic acids is 1. The van der Waals surface area contributed by atoms with E-state index in [0.717, 1.165) is 16.7 Å². The number of aromatic nitrogens is 1. The Bertz CT molecular complexity index is 598. The minimum absolute atomic E-state index is 0.0625. The molecule has 100 valence electrons. The van der Waals surface area contributed by atoms with Gasteiger partial charge in [-0.15, -0.1) is 0 Å². The number of likely N-dealkylation sites (N-methyl/N-ethyl adjacent to an activating group) is 1. The average molecular weight is 260 g/mol. The molecule has 5 heteroatoms. The van der Waals surface area contributed by atoms with Crippen LogP contribution in [-0.2, 0) is 0 Å². The minimum Gasteiger partial charge on any atom is -0.497 e. The second-order valence-corrected chi connectivity index (χ2v) is 4.21. The van der Waals surface area contributed by atoms with E-state index < -0.39 is 0 Å². The highest BCUT2D eigenvalue weighted by Gasteiger charge is 2.13. The highest BCUT2D eigenvalue weighted by molar-refractivity contribution is 5.94. The maximum absolute atomic E-state index is 12.0. The van der Waals surface area contributed by atoms with Gasteiger partial charge in [0.15, 0.2) is 0 Å². The van der Waals surface area contributed by atoms with Gasteiger partial charge in [0.2, 0.25) is 0 Å². The van der Waals surface area contributed by atoms with E-state index in [-0.39, 0.29) is 12.5 Å². The fraction of sp³-hybridized carbons (Fsp3) is 0.286. The van der Waals surface area contributed by atoms with Crippen LogP contribution in [0.1, 0.15) is 10.5 Å². The average Bonchev–Trinajstić information content (AvgIpc) is 2.45. The number of hydrogen-bond donors (Lipinski definition) is 1. The van der Waals surface area contributed by atoms with Gasteiger partial charge < -0.3 is 14.7 Å². The molecule has 2 rings (SSSR count). The zero-order valence-corrected chi connectivity index (χ0v) is 11.0. The summed E-state index contributed by atoms with van der Waals surface area (Å²) in [5, 5.41) is 9.75. The van der Waals surface area contributed by atoms with Gasteiger partial charge in [-0.3, -0.25) is 4.79 Å². The predicted octanol–water partition coefficient (Wildman–Crippen LogP) is 1.31. The van der Waals surface area contributed by atoms with Crippen LogP contribution in [0.3, 0.4) is 0 Å². The Morgan fingerprint density at radius 2 is 2.16 bits per heavy atom. The smallest absolute Gasteiger partial charge is 0.272 e. The van der Waals surface area contributed by atoms with Crippen molar-refractivity contribution in [1.29, 1.82) is 0 Å². The molecule has 1 amide bonds. The second kappa shape index (κ2) is 5.67. The van der Waals surface area contributed by atoms with Crippen molar-refractivity contribution in [3.05, 3.63) is 36.0 Å². The summed E-state index contributed by atoms with van der Waals surface area (Å²) in [7, 11) is 3.24. The van der Waals surface area contributed by atoms with Crippen LogP contribution in [-0.4, -0.2) is 48.2 Å². The van der Waals surface area contributed by atoms with Gasteiger partial charge in [-0.1, -0.05) is 6.07 Å². The van der Waals surface area contributed by atoms with Crippen molar-refractivity contribution in [2.45, 2.75) is 0 Å². The van der Waals surface area contributed by atoms with Gasteiger partial charge in [0.05, 0.1) is 19.2 Å². The topological polar surface area (TPSA) is 62.7 Å². The fourth-order valence-electron chi connectivity index (χ4n) is 1.80. The zero-order valence-electron chi connectivity index (χ0n) is 11.0. The molecule has 0 fully saturated rings. The molecule has 2 aromatic rings. The Morgan fingerprint density at radius 3 is 2.84 bits per heavy atom. The number of aliphatic hydroxyl groups is 1. The molecule has 5 nitrogen and oxygen atoms in total. The van der Waals surface area contributed by atoms with Crippen molar-refractivity contribution in [3.8, 4) is 5.75 Å². The second-order valence-electron chi connectivity index (χ2n) is 4.21. The van der Waals surface area contributed by atoms with Gasteiger partial charge in [0, 0.05) is 19.0 Å². The zero-order chi connectivity index (χ0) is 13.8. The van der Waals surface area contributed by atoms with E-state index in [1.807, 2.05) is 18.2 Å². The number of nitrogens with zero attached hydrogens (tertiary/aromatic N) is 2. The molecule has 1 aromatic carbocycles. The summed E-state index contributed by atoms with van der Waals surface area (Å²) < 4.78 is 5.14. The Kier molecular flexibility index (Phi) is 3.97. The number of aliphatic hydroxyl groups excluding tert-OH is 1. The van der Waals surface area contributed by atoms with Crippen molar-refractivity contribution in [1.82, 2.24) is 9.88 Å².